The molecule has 0 saturated carbocycles. The number of nitrogens with two attached hydrogens (primary N) is 1. The maximum atomic E-state index is 12.2. The summed E-state index contributed by atoms with van der Waals surface area (Å²) in [5.41, 5.74) is 10.6. The molecule has 2 aromatic carbocycles. The minimum Gasteiger partial charge on any atom is -0.387 e. The van der Waals surface area contributed by atoms with E-state index in [9.17, 15) is 15.0 Å². The summed E-state index contributed by atoms with van der Waals surface area (Å²) in [5.74, 6) is 0.662. The minimum atomic E-state index is -1.32. The Labute approximate surface area is 299 Å². The summed E-state index contributed by atoms with van der Waals surface area (Å²) in [5, 5.41) is 30.0. The Morgan fingerprint density at radius 1 is 1.00 bits per heavy atom. The van der Waals surface area contributed by atoms with Crippen LogP contribution < -0.4 is 16.0 Å². The largest absolute Gasteiger partial charge is 0.387 e. The fourth-order valence-corrected chi connectivity index (χ4v) is 7.22. The monoisotopic (exact) mass is 701 g/mol. The van der Waals surface area contributed by atoms with E-state index in [1.54, 1.807) is 35.3 Å². The van der Waals surface area contributed by atoms with Crippen LogP contribution in [0.4, 0.5) is 11.8 Å². The molecule has 52 heavy (non-hydrogen) atoms. The lowest BCUT2D eigenvalue weighted by Gasteiger charge is -2.22. The van der Waals surface area contributed by atoms with Crippen molar-refractivity contribution in [3.8, 4) is 0 Å². The summed E-state index contributed by atoms with van der Waals surface area (Å²) in [7, 11) is 0. The van der Waals surface area contributed by atoms with Gasteiger partial charge >= 0.3 is 0 Å². The predicted octanol–water partition coefficient (Wildman–Crippen LogP) is 4.10. The first kappa shape index (κ1) is 33.4. The SMILES string of the molecule is CCc1cc([C@H]2O[C@@H](n3cnc4c(NCC(c5ccccc5)c5ccccc5)nc(N5CC[C@@H](c6ncccc6C(N)=O)C5)nc43)[C@H](O)[C@@H]2O)on1. The van der Waals surface area contributed by atoms with Gasteiger partial charge in [-0.25, -0.2) is 4.98 Å². The number of fused-ring (bicyclic) bond motifs is 1. The zero-order valence-corrected chi connectivity index (χ0v) is 28.5. The molecule has 2 saturated heterocycles. The molecule has 0 spiro atoms. The first-order chi connectivity index (χ1) is 25.4. The minimum absolute atomic E-state index is 0.00342. The molecule has 8 rings (SSSR count). The zero-order valence-electron chi connectivity index (χ0n) is 28.5. The number of nitrogens with zero attached hydrogens (tertiary/aromatic N) is 7. The van der Waals surface area contributed by atoms with Gasteiger partial charge in [0.1, 0.15) is 18.3 Å². The summed E-state index contributed by atoms with van der Waals surface area (Å²) in [6.45, 7) is 3.55. The molecule has 6 heterocycles. The molecule has 0 unspecified atom stereocenters. The van der Waals surface area contributed by atoms with Crippen molar-refractivity contribution in [1.29, 1.82) is 0 Å². The number of ether oxygens (including phenoxy) is 1. The van der Waals surface area contributed by atoms with E-state index in [-0.39, 0.29) is 11.8 Å². The third kappa shape index (κ3) is 6.25. The summed E-state index contributed by atoms with van der Waals surface area (Å²) >= 11 is 0. The molecule has 6 aromatic rings. The Morgan fingerprint density at radius 3 is 2.44 bits per heavy atom. The maximum absolute atomic E-state index is 12.2. The van der Waals surface area contributed by atoms with Gasteiger partial charge in [0, 0.05) is 43.7 Å². The Hall–Kier alpha value is -5.70. The molecule has 0 radical (unpaired) electrons. The number of pyridine rings is 1. The summed E-state index contributed by atoms with van der Waals surface area (Å²) < 4.78 is 13.3. The van der Waals surface area contributed by atoms with Crippen LogP contribution in [0.25, 0.3) is 11.2 Å². The van der Waals surface area contributed by atoms with Crippen LogP contribution in [-0.4, -0.2) is 77.6 Å². The van der Waals surface area contributed by atoms with Gasteiger partial charge in [0.05, 0.1) is 23.3 Å². The number of aliphatic hydroxyl groups excluding tert-OH is 2. The van der Waals surface area contributed by atoms with Crippen molar-refractivity contribution in [2.75, 3.05) is 29.9 Å². The van der Waals surface area contributed by atoms with Crippen molar-refractivity contribution >= 4 is 28.8 Å². The number of carbonyl (C=O) groups is 1. The molecule has 0 bridgehead atoms. The van der Waals surface area contributed by atoms with Crippen molar-refractivity contribution in [3.63, 3.8) is 0 Å². The van der Waals surface area contributed by atoms with Gasteiger partial charge in [0.15, 0.2) is 29.0 Å². The second kappa shape index (κ2) is 14.1. The average Bonchev–Trinajstić information content (AvgIpc) is 4.00. The highest BCUT2D eigenvalue weighted by Crippen LogP contribution is 2.41. The molecule has 14 heteroatoms. The number of rotatable bonds is 11. The molecule has 5 N–H and O–H groups in total. The molecular formula is C38H39N9O5. The van der Waals surface area contributed by atoms with Crippen molar-refractivity contribution in [3.05, 3.63) is 125 Å². The highest BCUT2D eigenvalue weighted by molar-refractivity contribution is 5.94. The predicted molar refractivity (Wildman–Crippen MR) is 192 cm³/mol. The van der Waals surface area contributed by atoms with Crippen molar-refractivity contribution < 1.29 is 24.3 Å². The normalized spacial score (nSPS) is 21.7. The smallest absolute Gasteiger partial charge is 0.250 e. The maximum Gasteiger partial charge on any atom is 0.250 e. The summed E-state index contributed by atoms with van der Waals surface area (Å²) in [6, 6.07) is 25.7. The molecule has 4 aromatic heterocycles. The number of benzene rings is 2. The number of amides is 1. The first-order valence-electron chi connectivity index (χ1n) is 17.4. The molecule has 0 aliphatic carbocycles. The number of hydrogen-bond donors (Lipinski definition) is 4. The van der Waals surface area contributed by atoms with E-state index in [2.05, 4.69) is 39.7 Å². The van der Waals surface area contributed by atoms with Crippen LogP contribution in [0.15, 0.2) is 95.9 Å². The van der Waals surface area contributed by atoms with E-state index in [1.165, 1.54) is 0 Å². The van der Waals surface area contributed by atoms with Crippen LogP contribution in [-0.2, 0) is 11.2 Å². The summed E-state index contributed by atoms with van der Waals surface area (Å²) in [6.07, 6.45) is -0.0133. The number of primary amides is 1. The van der Waals surface area contributed by atoms with E-state index < -0.39 is 30.4 Å². The van der Waals surface area contributed by atoms with Gasteiger partial charge in [-0.1, -0.05) is 72.7 Å². The number of imidazole rings is 1. The van der Waals surface area contributed by atoms with Crippen LogP contribution in [0.1, 0.15) is 76.1 Å². The van der Waals surface area contributed by atoms with Crippen molar-refractivity contribution in [2.45, 2.75) is 56.1 Å². The van der Waals surface area contributed by atoms with E-state index in [1.807, 2.05) is 48.2 Å². The quantitative estimate of drug-likeness (QED) is 0.152. The third-order valence-electron chi connectivity index (χ3n) is 9.98. The van der Waals surface area contributed by atoms with Crippen LogP contribution in [0.5, 0.6) is 0 Å². The standard InChI is InChI=1S/C38H39N9O5/c1-2-25-18-28(52-45-25)33-31(48)32(49)37(51-33)47-21-42-30-35(41-19-27(22-10-5-3-6-11-22)23-12-7-4-8-13-23)43-38(44-36(30)47)46-17-15-24(20-46)29-26(34(39)50)14-9-16-40-29/h3-14,16,18,21,24,27,31-33,37,48-49H,2,15,17,19-20H2,1H3,(H2,39,50)(H,41,43,44)/t24-,31+,32-,33-,37-/m1/s1. The van der Waals surface area contributed by atoms with Gasteiger partial charge in [-0.3, -0.25) is 14.3 Å². The van der Waals surface area contributed by atoms with Crippen LogP contribution >= 0.6 is 0 Å². The first-order valence-corrected chi connectivity index (χ1v) is 17.4. The Bertz CT molecular complexity index is 2140. The highest BCUT2D eigenvalue weighted by Gasteiger charge is 2.47. The lowest BCUT2D eigenvalue weighted by Crippen LogP contribution is -2.29. The zero-order chi connectivity index (χ0) is 35.8. The molecule has 2 aliphatic heterocycles. The number of aryl methyl sites for hydroxylation is 1. The molecule has 14 nitrogen and oxygen atoms in total. The number of aliphatic hydroxyl groups is 2. The van der Waals surface area contributed by atoms with E-state index in [0.29, 0.717) is 78.1 Å². The number of hydrogen-bond acceptors (Lipinski definition) is 12. The highest BCUT2D eigenvalue weighted by atomic mass is 16.6. The number of anilines is 2. The number of carbonyl (C=O) groups excluding carboxylic acids is 1. The number of aromatic nitrogens is 6. The second-order valence-electron chi connectivity index (χ2n) is 13.2. The lowest BCUT2D eigenvalue weighted by atomic mass is 9.91. The molecule has 266 valence electrons. The average molecular weight is 702 g/mol. The van der Waals surface area contributed by atoms with Gasteiger partial charge in [0.2, 0.25) is 5.95 Å². The van der Waals surface area contributed by atoms with Crippen molar-refractivity contribution in [1.82, 2.24) is 29.7 Å². The third-order valence-corrected chi connectivity index (χ3v) is 9.98. The summed E-state index contributed by atoms with van der Waals surface area (Å²) in [4.78, 5) is 33.5. The van der Waals surface area contributed by atoms with E-state index in [4.69, 9.17) is 29.9 Å². The van der Waals surface area contributed by atoms with Crippen LogP contribution in [0, 0.1) is 0 Å². The van der Waals surface area contributed by atoms with Gasteiger partial charge in [0.25, 0.3) is 5.91 Å². The lowest BCUT2D eigenvalue weighted by molar-refractivity contribution is -0.0434. The second-order valence-corrected chi connectivity index (χ2v) is 13.2. The van der Waals surface area contributed by atoms with Crippen LogP contribution in [0.3, 0.4) is 0 Å². The van der Waals surface area contributed by atoms with E-state index >= 15 is 0 Å². The molecule has 5 atom stereocenters. The van der Waals surface area contributed by atoms with Crippen LogP contribution in [0.2, 0.25) is 0 Å². The molecule has 1 amide bonds. The number of nitrogens with one attached hydrogen (secondary N) is 1. The van der Waals surface area contributed by atoms with Gasteiger partial charge in [-0.2, -0.15) is 9.97 Å². The van der Waals surface area contributed by atoms with Gasteiger partial charge < -0.3 is 35.4 Å². The van der Waals surface area contributed by atoms with Gasteiger partial charge in [-0.15, -0.1) is 0 Å². The molecule has 2 fully saturated rings. The molecule has 2 aliphatic rings. The Kier molecular flexibility index (Phi) is 9.09. The van der Waals surface area contributed by atoms with Crippen molar-refractivity contribution in [2.24, 2.45) is 5.73 Å². The topological polar surface area (TPSA) is 191 Å². The van der Waals surface area contributed by atoms with E-state index in [0.717, 1.165) is 11.1 Å². The molecular weight excluding hydrogens is 662 g/mol. The fraction of sp³-hybridized carbons (Fsp3) is 0.316. The Morgan fingerprint density at radius 2 is 1.75 bits per heavy atom. The fourth-order valence-electron chi connectivity index (χ4n) is 7.22. The van der Waals surface area contributed by atoms with Gasteiger partial charge in [-0.05, 0) is 36.1 Å². The Balaban J connectivity index is 1.16.